The molecule has 0 saturated heterocycles. The summed E-state index contributed by atoms with van der Waals surface area (Å²) in [5, 5.41) is 10.6. The first-order valence-corrected chi connectivity index (χ1v) is 10.3. The summed E-state index contributed by atoms with van der Waals surface area (Å²) < 4.78 is 1.68. The van der Waals surface area contributed by atoms with Crippen molar-refractivity contribution in [2.45, 2.75) is 24.8 Å². The number of rotatable bonds is 4. The molecule has 4 rings (SSSR count). The van der Waals surface area contributed by atoms with Gasteiger partial charge in [-0.1, -0.05) is 48.2 Å². The van der Waals surface area contributed by atoms with Gasteiger partial charge in [0.25, 0.3) is 5.56 Å². The number of fused-ring (bicyclic) bond motifs is 1. The van der Waals surface area contributed by atoms with Crippen molar-refractivity contribution in [2.24, 2.45) is 0 Å². The fourth-order valence-corrected chi connectivity index (χ4v) is 4.43. The highest BCUT2D eigenvalue weighted by atomic mass is 32.2. The molecule has 0 N–H and O–H groups in total. The zero-order valence-corrected chi connectivity index (χ0v) is 17.0. The number of hydrogen-bond donors (Lipinski definition) is 0. The number of nitrogens with zero attached hydrogens (tertiary/aromatic N) is 3. The van der Waals surface area contributed by atoms with Gasteiger partial charge in [-0.05, 0) is 60.9 Å². The highest BCUT2D eigenvalue weighted by Gasteiger charge is 2.14. The first kappa shape index (κ1) is 19.0. The Bertz CT molecular complexity index is 1300. The molecule has 0 fully saturated rings. The number of aryl methyl sites for hydroxylation is 2. The minimum absolute atomic E-state index is 0.0864. The molecule has 5 heteroatoms. The SMILES string of the molecule is Cc1cc(C)cc(-n2c(SCc3ccccc3C#N)nc3ccccc3c2=O)c1. The van der Waals surface area contributed by atoms with Crippen LogP contribution in [-0.4, -0.2) is 9.55 Å². The third-order valence-corrected chi connectivity index (χ3v) is 5.69. The second kappa shape index (κ2) is 7.94. The van der Waals surface area contributed by atoms with E-state index in [2.05, 4.69) is 12.1 Å². The van der Waals surface area contributed by atoms with Crippen molar-refractivity contribution in [1.82, 2.24) is 9.55 Å². The Labute approximate surface area is 173 Å². The molecule has 0 aliphatic heterocycles. The van der Waals surface area contributed by atoms with Crippen molar-refractivity contribution in [3.05, 3.63) is 99.3 Å². The van der Waals surface area contributed by atoms with E-state index in [0.717, 1.165) is 22.4 Å². The van der Waals surface area contributed by atoms with E-state index in [1.54, 1.807) is 10.6 Å². The number of nitriles is 1. The maximum atomic E-state index is 13.4. The van der Waals surface area contributed by atoms with Gasteiger partial charge in [0, 0.05) is 5.75 Å². The zero-order valence-electron chi connectivity index (χ0n) is 16.2. The molecule has 0 atom stereocenters. The van der Waals surface area contributed by atoms with Crippen LogP contribution in [0.15, 0.2) is 76.7 Å². The minimum Gasteiger partial charge on any atom is -0.268 e. The highest BCUT2D eigenvalue weighted by Crippen LogP contribution is 2.26. The molecule has 1 aromatic heterocycles. The van der Waals surface area contributed by atoms with Gasteiger partial charge in [0.15, 0.2) is 5.16 Å². The average molecular weight is 398 g/mol. The summed E-state index contributed by atoms with van der Waals surface area (Å²) >= 11 is 1.47. The van der Waals surface area contributed by atoms with Crippen LogP contribution in [0.4, 0.5) is 0 Å². The lowest BCUT2D eigenvalue weighted by atomic mass is 10.1. The lowest BCUT2D eigenvalue weighted by Gasteiger charge is -2.15. The Morgan fingerprint density at radius 1 is 1.00 bits per heavy atom. The van der Waals surface area contributed by atoms with Crippen LogP contribution in [-0.2, 0) is 5.75 Å². The molecule has 0 aliphatic carbocycles. The van der Waals surface area contributed by atoms with Crippen molar-refractivity contribution < 1.29 is 0 Å². The number of aromatic nitrogens is 2. The predicted octanol–water partition coefficient (Wildman–Crippen LogP) is 5.17. The average Bonchev–Trinajstić information content (AvgIpc) is 2.71. The Kier molecular flexibility index (Phi) is 5.20. The van der Waals surface area contributed by atoms with Crippen LogP contribution in [0.5, 0.6) is 0 Å². The van der Waals surface area contributed by atoms with Crippen molar-refractivity contribution in [1.29, 1.82) is 5.26 Å². The number of para-hydroxylation sites is 1. The normalized spacial score (nSPS) is 10.8. The topological polar surface area (TPSA) is 58.7 Å². The molecule has 0 amide bonds. The van der Waals surface area contributed by atoms with Gasteiger partial charge in [-0.25, -0.2) is 4.98 Å². The molecule has 0 spiro atoms. The van der Waals surface area contributed by atoms with Gasteiger partial charge in [0.05, 0.1) is 28.2 Å². The minimum atomic E-state index is -0.0864. The lowest BCUT2D eigenvalue weighted by Crippen LogP contribution is -2.22. The van der Waals surface area contributed by atoms with Crippen molar-refractivity contribution >= 4 is 22.7 Å². The Morgan fingerprint density at radius 2 is 1.69 bits per heavy atom. The van der Waals surface area contributed by atoms with E-state index in [0.29, 0.717) is 27.4 Å². The summed E-state index contributed by atoms with van der Waals surface area (Å²) in [6.45, 7) is 4.04. The standard InChI is InChI=1S/C24H19N3OS/c1-16-11-17(2)13-20(12-16)27-23(28)21-9-5-6-10-22(21)26-24(27)29-15-19-8-4-3-7-18(19)14-25/h3-13H,15H2,1-2H3. The summed E-state index contributed by atoms with van der Waals surface area (Å²) in [4.78, 5) is 18.1. The van der Waals surface area contributed by atoms with Gasteiger partial charge in [-0.2, -0.15) is 5.26 Å². The highest BCUT2D eigenvalue weighted by molar-refractivity contribution is 7.98. The molecule has 142 valence electrons. The van der Waals surface area contributed by atoms with Gasteiger partial charge in [0.1, 0.15) is 0 Å². The second-order valence-electron chi connectivity index (χ2n) is 6.96. The zero-order chi connectivity index (χ0) is 20.4. The van der Waals surface area contributed by atoms with Crippen LogP contribution in [0.25, 0.3) is 16.6 Å². The molecule has 0 saturated carbocycles. The molecular weight excluding hydrogens is 378 g/mol. The molecule has 1 heterocycles. The van der Waals surface area contributed by atoms with Crippen LogP contribution in [0.1, 0.15) is 22.3 Å². The van der Waals surface area contributed by atoms with Crippen LogP contribution < -0.4 is 5.56 Å². The van der Waals surface area contributed by atoms with Crippen molar-refractivity contribution in [3.63, 3.8) is 0 Å². The van der Waals surface area contributed by atoms with E-state index in [-0.39, 0.29) is 5.56 Å². The lowest BCUT2D eigenvalue weighted by molar-refractivity contribution is 0.818. The molecule has 0 bridgehead atoms. The predicted molar refractivity (Wildman–Crippen MR) is 118 cm³/mol. The fraction of sp³-hybridized carbons (Fsp3) is 0.125. The summed E-state index contributed by atoms with van der Waals surface area (Å²) in [5.74, 6) is 0.555. The number of hydrogen-bond acceptors (Lipinski definition) is 4. The van der Waals surface area contributed by atoms with Crippen LogP contribution in [0.2, 0.25) is 0 Å². The molecule has 4 nitrogen and oxygen atoms in total. The van der Waals surface area contributed by atoms with Crippen LogP contribution >= 0.6 is 11.8 Å². The fourth-order valence-electron chi connectivity index (χ4n) is 3.41. The molecule has 0 unspecified atom stereocenters. The maximum absolute atomic E-state index is 13.4. The van der Waals surface area contributed by atoms with E-state index in [9.17, 15) is 10.1 Å². The summed E-state index contributed by atoms with van der Waals surface area (Å²) in [5.41, 5.74) is 5.14. The van der Waals surface area contributed by atoms with E-state index in [1.807, 2.05) is 68.4 Å². The van der Waals surface area contributed by atoms with Crippen molar-refractivity contribution in [2.75, 3.05) is 0 Å². The van der Waals surface area contributed by atoms with Gasteiger partial charge in [-0.15, -0.1) is 0 Å². The molecule has 29 heavy (non-hydrogen) atoms. The quantitative estimate of drug-likeness (QED) is 0.352. The third kappa shape index (κ3) is 3.80. The Balaban J connectivity index is 1.88. The van der Waals surface area contributed by atoms with Crippen LogP contribution in [0, 0.1) is 25.2 Å². The van der Waals surface area contributed by atoms with Gasteiger partial charge >= 0.3 is 0 Å². The molecule has 0 radical (unpaired) electrons. The summed E-state index contributed by atoms with van der Waals surface area (Å²) in [6, 6.07) is 23.2. The molecule has 4 aromatic rings. The first-order valence-electron chi connectivity index (χ1n) is 9.28. The van der Waals surface area contributed by atoms with Crippen molar-refractivity contribution in [3.8, 4) is 11.8 Å². The summed E-state index contributed by atoms with van der Waals surface area (Å²) in [7, 11) is 0. The monoisotopic (exact) mass is 397 g/mol. The Hall–Kier alpha value is -3.36. The third-order valence-electron chi connectivity index (χ3n) is 4.70. The Morgan fingerprint density at radius 3 is 2.45 bits per heavy atom. The van der Waals surface area contributed by atoms with E-state index < -0.39 is 0 Å². The summed E-state index contributed by atoms with van der Waals surface area (Å²) in [6.07, 6.45) is 0. The molecular formula is C24H19N3OS. The molecule has 3 aromatic carbocycles. The van der Waals surface area contributed by atoms with E-state index in [4.69, 9.17) is 4.98 Å². The molecule has 0 aliphatic rings. The van der Waals surface area contributed by atoms with E-state index in [1.165, 1.54) is 11.8 Å². The number of benzene rings is 3. The largest absolute Gasteiger partial charge is 0.268 e. The smallest absolute Gasteiger partial charge is 0.266 e. The second-order valence-corrected chi connectivity index (χ2v) is 7.90. The first-order chi connectivity index (χ1) is 14.1. The van der Waals surface area contributed by atoms with E-state index >= 15 is 0 Å². The number of thioether (sulfide) groups is 1. The van der Waals surface area contributed by atoms with Crippen LogP contribution in [0.3, 0.4) is 0 Å². The van der Waals surface area contributed by atoms with Gasteiger partial charge in [-0.3, -0.25) is 9.36 Å². The van der Waals surface area contributed by atoms with Gasteiger partial charge in [0.2, 0.25) is 0 Å². The maximum Gasteiger partial charge on any atom is 0.266 e. The van der Waals surface area contributed by atoms with Gasteiger partial charge < -0.3 is 0 Å².